The predicted molar refractivity (Wildman–Crippen MR) is 92.7 cm³/mol. The molecule has 0 aromatic rings. The van der Waals surface area contributed by atoms with Gasteiger partial charge in [0, 0.05) is 38.4 Å². The second-order valence-electron chi connectivity index (χ2n) is 5.74. The molecule has 1 heterocycles. The van der Waals surface area contributed by atoms with Crippen LogP contribution in [0.3, 0.4) is 0 Å². The number of nitrogens with one attached hydrogen (secondary N) is 1. The Kier molecular flexibility index (Phi) is 9.50. The number of ether oxygens (including phenoxy) is 2. The molecule has 0 amide bonds. The summed E-state index contributed by atoms with van der Waals surface area (Å²) in [6.07, 6.45) is 2.33. The van der Waals surface area contributed by atoms with Gasteiger partial charge in [0.05, 0.1) is 32.1 Å². The molecule has 1 N–H and O–H groups in total. The van der Waals surface area contributed by atoms with Gasteiger partial charge in [-0.15, -0.1) is 0 Å². The van der Waals surface area contributed by atoms with Gasteiger partial charge in [-0.2, -0.15) is 0 Å². The fourth-order valence-electron chi connectivity index (χ4n) is 2.40. The summed E-state index contributed by atoms with van der Waals surface area (Å²) < 4.78 is 32.8. The van der Waals surface area contributed by atoms with E-state index in [-0.39, 0.29) is 12.4 Å². The first kappa shape index (κ1) is 20.2. The number of hydrogen-bond acceptors (Lipinski definition) is 5. The summed E-state index contributed by atoms with van der Waals surface area (Å²) in [5, 5.41) is 3.30. The Hall–Kier alpha value is -0.860. The van der Waals surface area contributed by atoms with Crippen LogP contribution < -0.4 is 5.32 Å². The minimum absolute atomic E-state index is 0.0576. The summed E-state index contributed by atoms with van der Waals surface area (Å²) in [6, 6.07) is 0. The highest BCUT2D eigenvalue weighted by Gasteiger charge is 2.24. The minimum atomic E-state index is -2.96. The smallest absolute Gasteiger partial charge is 0.194 e. The third-order valence-electron chi connectivity index (χ3n) is 3.57. The van der Waals surface area contributed by atoms with E-state index < -0.39 is 9.84 Å². The van der Waals surface area contributed by atoms with Crippen LogP contribution in [0, 0.1) is 5.92 Å². The number of nitrogens with zero attached hydrogens (tertiary/aromatic N) is 2. The fraction of sp³-hybridized carbons (Fsp3) is 0.933. The van der Waals surface area contributed by atoms with E-state index in [2.05, 4.69) is 15.2 Å². The van der Waals surface area contributed by atoms with E-state index in [0.717, 1.165) is 45.2 Å². The van der Waals surface area contributed by atoms with E-state index in [0.29, 0.717) is 19.1 Å². The molecule has 7 nitrogen and oxygen atoms in total. The van der Waals surface area contributed by atoms with Crippen molar-refractivity contribution >= 4 is 15.8 Å². The first-order valence-corrected chi connectivity index (χ1v) is 10.4. The van der Waals surface area contributed by atoms with Crippen LogP contribution in [0.5, 0.6) is 0 Å². The van der Waals surface area contributed by atoms with Gasteiger partial charge >= 0.3 is 0 Å². The highest BCUT2D eigenvalue weighted by molar-refractivity contribution is 7.90. The molecule has 8 heteroatoms. The molecule has 0 radical (unpaired) electrons. The Morgan fingerprint density at radius 2 is 2.09 bits per heavy atom. The van der Waals surface area contributed by atoms with E-state index >= 15 is 0 Å². The Morgan fingerprint density at radius 1 is 1.30 bits per heavy atom. The van der Waals surface area contributed by atoms with Crippen LogP contribution in [0.15, 0.2) is 4.99 Å². The lowest BCUT2D eigenvalue weighted by Crippen LogP contribution is -2.40. The number of sulfone groups is 1. The van der Waals surface area contributed by atoms with Crippen LogP contribution in [0.25, 0.3) is 0 Å². The lowest BCUT2D eigenvalue weighted by molar-refractivity contribution is 0.114. The highest BCUT2D eigenvalue weighted by atomic mass is 32.2. The molecule has 1 rings (SSSR count). The van der Waals surface area contributed by atoms with Crippen molar-refractivity contribution in [2.24, 2.45) is 10.9 Å². The Balaban J connectivity index is 2.33. The normalized spacial score (nSPS) is 19.3. The van der Waals surface area contributed by atoms with Gasteiger partial charge < -0.3 is 19.7 Å². The van der Waals surface area contributed by atoms with Gasteiger partial charge in [-0.3, -0.25) is 4.99 Å². The summed E-state index contributed by atoms with van der Waals surface area (Å²) in [6.45, 7) is 9.58. The summed E-state index contributed by atoms with van der Waals surface area (Å²) >= 11 is 0. The van der Waals surface area contributed by atoms with Crippen LogP contribution >= 0.6 is 0 Å². The Morgan fingerprint density at radius 3 is 2.74 bits per heavy atom. The quantitative estimate of drug-likeness (QED) is 0.349. The molecule has 0 saturated carbocycles. The second kappa shape index (κ2) is 10.8. The third-order valence-corrected chi connectivity index (χ3v) is 4.48. The van der Waals surface area contributed by atoms with Gasteiger partial charge in [0.25, 0.3) is 0 Å². The molecule has 0 aromatic carbocycles. The number of rotatable bonds is 10. The third kappa shape index (κ3) is 9.12. The molecule has 0 aromatic heterocycles. The van der Waals surface area contributed by atoms with E-state index in [1.807, 2.05) is 13.8 Å². The van der Waals surface area contributed by atoms with Crippen molar-refractivity contribution in [3.05, 3.63) is 0 Å². The van der Waals surface area contributed by atoms with Crippen LogP contribution in [0.1, 0.15) is 20.3 Å². The van der Waals surface area contributed by atoms with Gasteiger partial charge in [-0.25, -0.2) is 8.42 Å². The molecule has 1 aliphatic heterocycles. The lowest BCUT2D eigenvalue weighted by Gasteiger charge is -2.21. The summed E-state index contributed by atoms with van der Waals surface area (Å²) in [4.78, 5) is 6.81. The maximum atomic E-state index is 11.0. The zero-order valence-corrected chi connectivity index (χ0v) is 15.4. The van der Waals surface area contributed by atoms with Crippen molar-refractivity contribution in [3.8, 4) is 0 Å². The average Bonchev–Trinajstić information content (AvgIpc) is 2.95. The van der Waals surface area contributed by atoms with E-state index in [1.54, 1.807) is 0 Å². The number of likely N-dealkylation sites (tertiary alicyclic amines) is 1. The van der Waals surface area contributed by atoms with Crippen molar-refractivity contribution in [1.29, 1.82) is 0 Å². The first-order valence-electron chi connectivity index (χ1n) is 8.32. The minimum Gasteiger partial charge on any atom is -0.381 e. The van der Waals surface area contributed by atoms with Crippen molar-refractivity contribution < 1.29 is 17.9 Å². The molecule has 1 unspecified atom stereocenters. The number of aliphatic imine (C=N–C) groups is 1. The van der Waals surface area contributed by atoms with Gasteiger partial charge in [-0.1, -0.05) is 0 Å². The van der Waals surface area contributed by atoms with Gasteiger partial charge in [0.1, 0.15) is 9.84 Å². The summed E-state index contributed by atoms with van der Waals surface area (Å²) in [5.41, 5.74) is 0. The molecule has 23 heavy (non-hydrogen) atoms. The van der Waals surface area contributed by atoms with E-state index in [9.17, 15) is 8.42 Å². The summed E-state index contributed by atoms with van der Waals surface area (Å²) in [5.74, 6) is 1.52. The second-order valence-corrected chi connectivity index (χ2v) is 8.00. The predicted octanol–water partition coefficient (Wildman–Crippen LogP) is 0.372. The molecule has 0 spiro atoms. The van der Waals surface area contributed by atoms with E-state index in [1.165, 1.54) is 6.26 Å². The molecule has 1 saturated heterocycles. The molecule has 1 atom stereocenters. The standard InChI is InChI=1S/C15H31N3O4S/c1-4-16-15(17-7-9-22-10-11-23(3,19)20)18-8-6-14(12-18)13-21-5-2/h14H,4-13H2,1-3H3,(H,16,17). The zero-order valence-electron chi connectivity index (χ0n) is 14.6. The first-order chi connectivity index (χ1) is 11.0. The van der Waals surface area contributed by atoms with Crippen molar-refractivity contribution in [1.82, 2.24) is 10.2 Å². The van der Waals surface area contributed by atoms with E-state index in [4.69, 9.17) is 9.47 Å². The van der Waals surface area contributed by atoms with Gasteiger partial charge in [0.15, 0.2) is 5.96 Å². The van der Waals surface area contributed by atoms with Crippen molar-refractivity contribution in [3.63, 3.8) is 0 Å². The molecular weight excluding hydrogens is 318 g/mol. The Bertz CT molecular complexity index is 454. The maximum Gasteiger partial charge on any atom is 0.194 e. The largest absolute Gasteiger partial charge is 0.381 e. The topological polar surface area (TPSA) is 80.2 Å². The average molecular weight is 349 g/mol. The van der Waals surface area contributed by atoms with Crippen LogP contribution in [0.2, 0.25) is 0 Å². The number of guanidine groups is 1. The molecular formula is C15H31N3O4S. The highest BCUT2D eigenvalue weighted by Crippen LogP contribution is 2.16. The van der Waals surface area contributed by atoms with Gasteiger partial charge in [-0.05, 0) is 20.3 Å². The van der Waals surface area contributed by atoms with Crippen LogP contribution in [0.4, 0.5) is 0 Å². The number of hydrogen-bond donors (Lipinski definition) is 1. The molecule has 0 bridgehead atoms. The lowest BCUT2D eigenvalue weighted by atomic mass is 10.1. The van der Waals surface area contributed by atoms with Crippen molar-refractivity contribution in [2.45, 2.75) is 20.3 Å². The Labute approximate surface area is 140 Å². The maximum absolute atomic E-state index is 11.0. The molecule has 1 aliphatic rings. The zero-order chi connectivity index (χ0) is 17.1. The molecule has 136 valence electrons. The summed E-state index contributed by atoms with van der Waals surface area (Å²) in [7, 11) is -2.96. The SMILES string of the molecule is CCNC(=NCCOCCS(C)(=O)=O)N1CCC(COCC)C1. The molecule has 0 aliphatic carbocycles. The van der Waals surface area contributed by atoms with Crippen LogP contribution in [-0.4, -0.2) is 83.9 Å². The monoisotopic (exact) mass is 349 g/mol. The van der Waals surface area contributed by atoms with Crippen molar-refractivity contribution in [2.75, 3.05) is 64.6 Å². The molecule has 1 fully saturated rings. The van der Waals surface area contributed by atoms with Gasteiger partial charge in [0.2, 0.25) is 0 Å². The van der Waals surface area contributed by atoms with Crippen LogP contribution in [-0.2, 0) is 19.3 Å². The fourth-order valence-corrected chi connectivity index (χ4v) is 2.82.